The van der Waals surface area contributed by atoms with E-state index in [0.717, 1.165) is 29.7 Å². The number of likely N-dealkylation sites (N-methyl/N-ethyl adjacent to an activating group) is 1. The molecule has 0 spiro atoms. The van der Waals surface area contributed by atoms with E-state index in [1.807, 2.05) is 30.5 Å². The van der Waals surface area contributed by atoms with Crippen LogP contribution in [-0.2, 0) is 6.42 Å². The van der Waals surface area contributed by atoms with E-state index in [4.69, 9.17) is 4.98 Å². The van der Waals surface area contributed by atoms with E-state index in [0.29, 0.717) is 0 Å². The lowest BCUT2D eigenvalue weighted by Gasteiger charge is -2.17. The SMILES string of the molecule is CCNC(Cc1sccc1Br)c1cnc2ccccc2n1. The number of hydrogen-bond acceptors (Lipinski definition) is 4. The maximum atomic E-state index is 4.77. The third-order valence-corrected chi connectivity index (χ3v) is 5.30. The first-order valence-electron chi connectivity index (χ1n) is 6.95. The molecule has 1 N–H and O–H groups in total. The Bertz CT molecular complexity index is 741. The molecule has 2 aromatic heterocycles. The molecule has 0 radical (unpaired) electrons. The van der Waals surface area contributed by atoms with Gasteiger partial charge in [0.1, 0.15) is 0 Å². The third kappa shape index (κ3) is 3.31. The number of nitrogens with one attached hydrogen (secondary N) is 1. The van der Waals surface area contributed by atoms with Crippen molar-refractivity contribution in [2.24, 2.45) is 0 Å². The minimum atomic E-state index is 0.182. The summed E-state index contributed by atoms with van der Waals surface area (Å²) in [5.74, 6) is 0. The molecular formula is C16H16BrN3S. The maximum Gasteiger partial charge on any atom is 0.0890 e. The maximum absolute atomic E-state index is 4.77. The summed E-state index contributed by atoms with van der Waals surface area (Å²) in [4.78, 5) is 10.6. The van der Waals surface area contributed by atoms with Gasteiger partial charge in [-0.1, -0.05) is 19.1 Å². The number of hydrogen-bond donors (Lipinski definition) is 1. The van der Waals surface area contributed by atoms with Crippen molar-refractivity contribution in [3.63, 3.8) is 0 Å². The Hall–Kier alpha value is -1.30. The molecule has 5 heteroatoms. The number of thiophene rings is 1. The van der Waals surface area contributed by atoms with Gasteiger partial charge in [0.2, 0.25) is 0 Å². The molecule has 0 aliphatic heterocycles. The van der Waals surface area contributed by atoms with Crippen molar-refractivity contribution in [3.8, 4) is 0 Å². The highest BCUT2D eigenvalue weighted by atomic mass is 79.9. The number of aromatic nitrogens is 2. The van der Waals surface area contributed by atoms with E-state index in [9.17, 15) is 0 Å². The molecule has 1 atom stereocenters. The topological polar surface area (TPSA) is 37.8 Å². The molecule has 21 heavy (non-hydrogen) atoms. The van der Waals surface area contributed by atoms with Gasteiger partial charge in [0, 0.05) is 15.8 Å². The zero-order valence-electron chi connectivity index (χ0n) is 11.7. The summed E-state index contributed by atoms with van der Waals surface area (Å²) in [7, 11) is 0. The van der Waals surface area contributed by atoms with Gasteiger partial charge < -0.3 is 5.32 Å². The Labute approximate surface area is 136 Å². The number of fused-ring (bicyclic) bond motifs is 1. The van der Waals surface area contributed by atoms with E-state index < -0.39 is 0 Å². The molecule has 0 aliphatic carbocycles. The standard InChI is InChI=1S/C16H16BrN3S/c1-2-18-14(9-16-11(17)7-8-21-16)15-10-19-12-5-3-4-6-13(12)20-15/h3-8,10,14,18H,2,9H2,1H3. The number of para-hydroxylation sites is 2. The molecule has 3 rings (SSSR count). The summed E-state index contributed by atoms with van der Waals surface area (Å²) in [5, 5.41) is 5.62. The third-order valence-electron chi connectivity index (χ3n) is 3.36. The average Bonchev–Trinajstić information content (AvgIpc) is 2.91. The molecule has 2 heterocycles. The Kier molecular flexibility index (Phi) is 4.63. The van der Waals surface area contributed by atoms with Gasteiger partial charge in [-0.05, 0) is 46.1 Å². The van der Waals surface area contributed by atoms with Crippen LogP contribution in [0.25, 0.3) is 11.0 Å². The van der Waals surface area contributed by atoms with Crippen LogP contribution in [0.1, 0.15) is 23.5 Å². The van der Waals surface area contributed by atoms with E-state index in [-0.39, 0.29) is 6.04 Å². The molecule has 1 aromatic carbocycles. The normalized spacial score (nSPS) is 12.7. The van der Waals surface area contributed by atoms with Crippen LogP contribution in [0.2, 0.25) is 0 Å². The summed E-state index contributed by atoms with van der Waals surface area (Å²) < 4.78 is 1.17. The summed E-state index contributed by atoms with van der Waals surface area (Å²) in [6.45, 7) is 3.02. The minimum Gasteiger partial charge on any atom is -0.309 e. The second kappa shape index (κ2) is 6.64. The van der Waals surface area contributed by atoms with Gasteiger partial charge >= 0.3 is 0 Å². The van der Waals surface area contributed by atoms with Crippen LogP contribution in [0.15, 0.2) is 46.4 Å². The molecule has 3 nitrogen and oxygen atoms in total. The summed E-state index contributed by atoms with van der Waals surface area (Å²) >= 11 is 5.37. The Balaban J connectivity index is 1.93. The fraction of sp³-hybridized carbons (Fsp3) is 0.250. The van der Waals surface area contributed by atoms with Gasteiger partial charge in [-0.3, -0.25) is 4.98 Å². The van der Waals surface area contributed by atoms with Crippen molar-refractivity contribution in [3.05, 3.63) is 57.0 Å². The van der Waals surface area contributed by atoms with E-state index in [1.165, 1.54) is 9.35 Å². The van der Waals surface area contributed by atoms with Crippen molar-refractivity contribution in [2.75, 3.05) is 6.54 Å². The van der Waals surface area contributed by atoms with Crippen LogP contribution >= 0.6 is 27.3 Å². The first-order chi connectivity index (χ1) is 10.3. The second-order valence-electron chi connectivity index (χ2n) is 4.79. The highest BCUT2D eigenvalue weighted by molar-refractivity contribution is 9.10. The molecule has 0 saturated carbocycles. The lowest BCUT2D eigenvalue weighted by atomic mass is 10.1. The van der Waals surface area contributed by atoms with Crippen LogP contribution in [0.3, 0.4) is 0 Å². The number of halogens is 1. The molecule has 0 saturated heterocycles. The Morgan fingerprint density at radius 2 is 2.05 bits per heavy atom. The molecular weight excluding hydrogens is 346 g/mol. The van der Waals surface area contributed by atoms with Gasteiger partial charge in [0.25, 0.3) is 0 Å². The Morgan fingerprint density at radius 3 is 2.76 bits per heavy atom. The van der Waals surface area contributed by atoms with Crippen LogP contribution in [0.4, 0.5) is 0 Å². The summed E-state index contributed by atoms with van der Waals surface area (Å²) in [5.41, 5.74) is 2.88. The fourth-order valence-electron chi connectivity index (χ4n) is 2.32. The lowest BCUT2D eigenvalue weighted by Crippen LogP contribution is -2.24. The van der Waals surface area contributed by atoms with Crippen molar-refractivity contribution in [1.82, 2.24) is 15.3 Å². The van der Waals surface area contributed by atoms with Gasteiger partial charge in [-0.15, -0.1) is 11.3 Å². The summed E-state index contributed by atoms with van der Waals surface area (Å²) in [6, 6.07) is 10.3. The van der Waals surface area contributed by atoms with Gasteiger partial charge in [0.05, 0.1) is 29.0 Å². The first kappa shape index (κ1) is 14.6. The van der Waals surface area contributed by atoms with Crippen LogP contribution in [0, 0.1) is 0 Å². The average molecular weight is 362 g/mol. The predicted molar refractivity (Wildman–Crippen MR) is 91.7 cm³/mol. The summed E-state index contributed by atoms with van der Waals surface area (Å²) in [6.07, 6.45) is 2.80. The quantitative estimate of drug-likeness (QED) is 0.733. The molecule has 0 aliphatic rings. The molecule has 0 bridgehead atoms. The van der Waals surface area contributed by atoms with E-state index >= 15 is 0 Å². The van der Waals surface area contributed by atoms with Crippen molar-refractivity contribution in [2.45, 2.75) is 19.4 Å². The highest BCUT2D eigenvalue weighted by Crippen LogP contribution is 2.28. The molecule has 0 amide bonds. The second-order valence-corrected chi connectivity index (χ2v) is 6.64. The molecule has 3 aromatic rings. The van der Waals surface area contributed by atoms with Gasteiger partial charge in [0.15, 0.2) is 0 Å². The zero-order chi connectivity index (χ0) is 14.7. The number of rotatable bonds is 5. The smallest absolute Gasteiger partial charge is 0.0890 e. The largest absolute Gasteiger partial charge is 0.309 e. The minimum absolute atomic E-state index is 0.182. The number of benzene rings is 1. The molecule has 0 fully saturated rings. The lowest BCUT2D eigenvalue weighted by molar-refractivity contribution is 0.539. The van der Waals surface area contributed by atoms with Crippen LogP contribution in [0.5, 0.6) is 0 Å². The highest BCUT2D eigenvalue weighted by Gasteiger charge is 2.16. The van der Waals surface area contributed by atoms with Crippen LogP contribution in [-0.4, -0.2) is 16.5 Å². The van der Waals surface area contributed by atoms with Crippen molar-refractivity contribution in [1.29, 1.82) is 0 Å². The van der Waals surface area contributed by atoms with Crippen molar-refractivity contribution >= 4 is 38.3 Å². The van der Waals surface area contributed by atoms with Gasteiger partial charge in [-0.2, -0.15) is 0 Å². The molecule has 108 valence electrons. The van der Waals surface area contributed by atoms with E-state index in [1.54, 1.807) is 11.3 Å². The Morgan fingerprint density at radius 1 is 1.24 bits per heavy atom. The van der Waals surface area contributed by atoms with Gasteiger partial charge in [-0.25, -0.2) is 4.98 Å². The molecule has 1 unspecified atom stereocenters. The van der Waals surface area contributed by atoms with Crippen LogP contribution < -0.4 is 5.32 Å². The monoisotopic (exact) mass is 361 g/mol. The zero-order valence-corrected chi connectivity index (χ0v) is 14.1. The van der Waals surface area contributed by atoms with E-state index in [2.05, 4.69) is 44.6 Å². The fourth-order valence-corrected chi connectivity index (χ4v) is 3.88. The number of nitrogens with zero attached hydrogens (tertiary/aromatic N) is 2. The van der Waals surface area contributed by atoms with Crippen molar-refractivity contribution < 1.29 is 0 Å². The predicted octanol–water partition coefficient (Wildman–Crippen LogP) is 4.35. The first-order valence-corrected chi connectivity index (χ1v) is 8.62.